The van der Waals surface area contributed by atoms with E-state index in [1.165, 1.54) is 11.0 Å². The summed E-state index contributed by atoms with van der Waals surface area (Å²) in [6.07, 6.45) is 0. The summed E-state index contributed by atoms with van der Waals surface area (Å²) in [5.41, 5.74) is 2.68. The number of fused-ring (bicyclic) bond motifs is 1. The molecular weight excluding hydrogens is 370 g/mol. The summed E-state index contributed by atoms with van der Waals surface area (Å²) in [5.74, 6) is -0.957. The third-order valence-electron chi connectivity index (χ3n) is 5.08. The van der Waals surface area contributed by atoms with Crippen molar-refractivity contribution in [1.82, 2.24) is 4.90 Å². The number of aromatic hydroxyl groups is 2. The number of carbonyl (C=O) groups excluding carboxylic acids is 1. The third-order valence-corrected chi connectivity index (χ3v) is 5.08. The van der Waals surface area contributed by atoms with E-state index < -0.39 is 11.9 Å². The zero-order valence-electron chi connectivity index (χ0n) is 15.7. The van der Waals surface area contributed by atoms with Crippen LogP contribution in [-0.2, 0) is 13.2 Å². The van der Waals surface area contributed by atoms with Gasteiger partial charge in [-0.1, -0.05) is 54.6 Å². The maximum Gasteiger partial charge on any atom is 0.262 e. The van der Waals surface area contributed by atoms with Crippen molar-refractivity contribution in [1.29, 1.82) is 0 Å². The molecule has 3 aromatic rings. The Kier molecular flexibility index (Phi) is 5.10. The Hall–Kier alpha value is -3.51. The average molecular weight is 391 g/mol. The monoisotopic (exact) mass is 391 g/mol. The van der Waals surface area contributed by atoms with Gasteiger partial charge in [0.1, 0.15) is 29.4 Å². The van der Waals surface area contributed by atoms with Gasteiger partial charge >= 0.3 is 0 Å². The van der Waals surface area contributed by atoms with Gasteiger partial charge in [0, 0.05) is 18.7 Å². The molecule has 1 heterocycles. The number of hydrogen-bond donors (Lipinski definition) is 3. The zero-order valence-corrected chi connectivity index (χ0v) is 15.7. The van der Waals surface area contributed by atoms with Crippen LogP contribution in [0.15, 0.2) is 66.7 Å². The average Bonchev–Trinajstić information content (AvgIpc) is 3.11. The lowest BCUT2D eigenvalue weighted by Gasteiger charge is -2.25. The number of hydrogen-bond acceptors (Lipinski definition) is 5. The van der Waals surface area contributed by atoms with E-state index in [2.05, 4.69) is 0 Å². The Morgan fingerprint density at radius 3 is 2.52 bits per heavy atom. The van der Waals surface area contributed by atoms with Gasteiger partial charge < -0.3 is 25.0 Å². The van der Waals surface area contributed by atoms with E-state index in [0.29, 0.717) is 6.54 Å². The lowest BCUT2D eigenvalue weighted by Crippen LogP contribution is -2.31. The van der Waals surface area contributed by atoms with Crippen molar-refractivity contribution in [2.45, 2.75) is 19.2 Å². The van der Waals surface area contributed by atoms with Crippen LogP contribution in [0.3, 0.4) is 0 Å². The van der Waals surface area contributed by atoms with Crippen LogP contribution in [0.5, 0.6) is 17.2 Å². The van der Waals surface area contributed by atoms with Crippen molar-refractivity contribution >= 4 is 5.91 Å². The van der Waals surface area contributed by atoms with Crippen LogP contribution in [0.4, 0.5) is 0 Å². The maximum absolute atomic E-state index is 13.3. The smallest absolute Gasteiger partial charge is 0.262 e. The lowest BCUT2D eigenvalue weighted by atomic mass is 10.1. The summed E-state index contributed by atoms with van der Waals surface area (Å²) in [7, 11) is 0. The lowest BCUT2D eigenvalue weighted by molar-refractivity contribution is 0.0608. The van der Waals surface area contributed by atoms with E-state index in [1.54, 1.807) is 0 Å². The molecule has 1 aliphatic heterocycles. The molecule has 0 aromatic heterocycles. The van der Waals surface area contributed by atoms with E-state index in [0.717, 1.165) is 22.8 Å². The minimum absolute atomic E-state index is 0.0370. The van der Waals surface area contributed by atoms with Crippen molar-refractivity contribution in [2.24, 2.45) is 0 Å². The number of benzene rings is 3. The van der Waals surface area contributed by atoms with E-state index in [9.17, 15) is 20.1 Å². The molecule has 1 aliphatic rings. The molecule has 4 rings (SSSR count). The quantitative estimate of drug-likeness (QED) is 0.620. The normalized spacial score (nSPS) is 15.2. The molecule has 0 radical (unpaired) electrons. The van der Waals surface area contributed by atoms with Gasteiger partial charge in [-0.05, 0) is 16.7 Å². The predicted molar refractivity (Wildman–Crippen MR) is 107 cm³/mol. The van der Waals surface area contributed by atoms with Crippen LogP contribution in [0, 0.1) is 0 Å². The Balaban J connectivity index is 1.66. The molecule has 6 nitrogen and oxygen atoms in total. The molecule has 0 fully saturated rings. The summed E-state index contributed by atoms with van der Waals surface area (Å²) < 4.78 is 5.78. The Morgan fingerprint density at radius 1 is 1.03 bits per heavy atom. The molecule has 148 valence electrons. The maximum atomic E-state index is 13.3. The zero-order chi connectivity index (χ0) is 20.4. The van der Waals surface area contributed by atoms with Crippen LogP contribution < -0.4 is 4.74 Å². The van der Waals surface area contributed by atoms with Crippen LogP contribution in [0.25, 0.3) is 0 Å². The van der Waals surface area contributed by atoms with Gasteiger partial charge in [0.25, 0.3) is 5.91 Å². The number of aliphatic hydroxyl groups excluding tert-OH is 1. The standard InChI is InChI=1S/C23H21NO5/c25-13-19-18-9-5-4-8-16(18)12-24(19)23(28)22-20(27)10-17(26)11-21(22)29-14-15-6-2-1-3-7-15/h1-11,19,25-27H,12-14H2. The molecule has 0 saturated carbocycles. The number of nitrogens with zero attached hydrogens (tertiary/aromatic N) is 1. The second-order valence-corrected chi connectivity index (χ2v) is 6.94. The Morgan fingerprint density at radius 2 is 1.76 bits per heavy atom. The summed E-state index contributed by atoms with van der Waals surface area (Å²) in [5, 5.41) is 30.2. The summed E-state index contributed by atoms with van der Waals surface area (Å²) >= 11 is 0. The second-order valence-electron chi connectivity index (χ2n) is 6.94. The van der Waals surface area contributed by atoms with Gasteiger partial charge in [0.05, 0.1) is 12.6 Å². The Bertz CT molecular complexity index is 1030. The summed E-state index contributed by atoms with van der Waals surface area (Å²) in [4.78, 5) is 14.8. The molecule has 0 spiro atoms. The van der Waals surface area contributed by atoms with E-state index in [-0.39, 0.29) is 36.0 Å². The molecule has 29 heavy (non-hydrogen) atoms. The van der Waals surface area contributed by atoms with Gasteiger partial charge in [-0.15, -0.1) is 0 Å². The van der Waals surface area contributed by atoms with Gasteiger partial charge in [0.2, 0.25) is 0 Å². The predicted octanol–water partition coefficient (Wildman–Crippen LogP) is 3.37. The fraction of sp³-hybridized carbons (Fsp3) is 0.174. The Labute approximate surface area is 168 Å². The summed E-state index contributed by atoms with van der Waals surface area (Å²) in [6.45, 7) is 0.258. The topological polar surface area (TPSA) is 90.2 Å². The van der Waals surface area contributed by atoms with Crippen molar-refractivity contribution < 1.29 is 24.9 Å². The highest BCUT2D eigenvalue weighted by Gasteiger charge is 2.35. The van der Waals surface area contributed by atoms with E-state index in [4.69, 9.17) is 4.74 Å². The van der Waals surface area contributed by atoms with E-state index >= 15 is 0 Å². The number of phenolic OH excluding ortho intramolecular Hbond substituents is 2. The molecule has 1 unspecified atom stereocenters. The van der Waals surface area contributed by atoms with E-state index in [1.807, 2.05) is 54.6 Å². The van der Waals surface area contributed by atoms with Crippen LogP contribution in [-0.4, -0.2) is 32.7 Å². The highest BCUT2D eigenvalue weighted by molar-refractivity contribution is 6.00. The minimum Gasteiger partial charge on any atom is -0.508 e. The highest BCUT2D eigenvalue weighted by atomic mass is 16.5. The largest absolute Gasteiger partial charge is 0.508 e. The number of aliphatic hydroxyl groups is 1. The highest BCUT2D eigenvalue weighted by Crippen LogP contribution is 2.39. The van der Waals surface area contributed by atoms with Crippen molar-refractivity contribution in [3.8, 4) is 17.2 Å². The third kappa shape index (κ3) is 3.62. The second kappa shape index (κ2) is 7.85. The number of carbonyl (C=O) groups is 1. The van der Waals surface area contributed by atoms with Crippen LogP contribution in [0.2, 0.25) is 0 Å². The van der Waals surface area contributed by atoms with Gasteiger partial charge in [-0.25, -0.2) is 0 Å². The van der Waals surface area contributed by atoms with Crippen LogP contribution >= 0.6 is 0 Å². The first-order valence-electron chi connectivity index (χ1n) is 9.31. The number of ether oxygens (including phenoxy) is 1. The van der Waals surface area contributed by atoms with Crippen molar-refractivity contribution in [3.63, 3.8) is 0 Å². The van der Waals surface area contributed by atoms with Gasteiger partial charge in [-0.2, -0.15) is 0 Å². The number of rotatable bonds is 5. The summed E-state index contributed by atoms with van der Waals surface area (Å²) in [6, 6.07) is 18.8. The first-order valence-corrected chi connectivity index (χ1v) is 9.31. The van der Waals surface area contributed by atoms with Crippen LogP contribution in [0.1, 0.15) is 33.1 Å². The molecule has 3 aromatic carbocycles. The molecule has 1 amide bonds. The van der Waals surface area contributed by atoms with Crippen molar-refractivity contribution in [2.75, 3.05) is 6.61 Å². The SMILES string of the molecule is O=C(c1c(O)cc(O)cc1OCc1ccccc1)N1Cc2ccccc2C1CO. The van der Waals surface area contributed by atoms with Gasteiger partial charge in [-0.3, -0.25) is 4.79 Å². The minimum atomic E-state index is -0.506. The van der Waals surface area contributed by atoms with Crippen molar-refractivity contribution in [3.05, 3.63) is 89.0 Å². The number of amides is 1. The molecule has 0 saturated heterocycles. The molecule has 1 atom stereocenters. The fourth-order valence-corrected chi connectivity index (χ4v) is 3.67. The molecule has 3 N–H and O–H groups in total. The van der Waals surface area contributed by atoms with Gasteiger partial charge in [0.15, 0.2) is 0 Å². The molecule has 0 aliphatic carbocycles. The molecule has 6 heteroatoms. The molecule has 0 bridgehead atoms. The molecular formula is C23H21NO5. The fourth-order valence-electron chi connectivity index (χ4n) is 3.67. The first kappa shape index (κ1) is 18.8. The number of phenols is 2. The first-order chi connectivity index (χ1) is 14.1.